The zero-order valence-corrected chi connectivity index (χ0v) is 20.6. The van der Waals surface area contributed by atoms with Crippen molar-refractivity contribution in [1.29, 1.82) is 0 Å². The van der Waals surface area contributed by atoms with Gasteiger partial charge in [-0.3, -0.25) is 20.3 Å². The van der Waals surface area contributed by atoms with Crippen molar-refractivity contribution >= 4 is 29.3 Å². The van der Waals surface area contributed by atoms with Crippen LogP contribution in [0.15, 0.2) is 53.5 Å². The molecular weight excluding hydrogens is 482 g/mol. The van der Waals surface area contributed by atoms with E-state index in [-0.39, 0.29) is 48.1 Å². The zero-order valence-electron chi connectivity index (χ0n) is 19.9. The Bertz CT molecular complexity index is 1150. The molecule has 5 rings (SSSR count). The number of hydrogen-bond donors (Lipinski definition) is 4. The molecule has 36 heavy (non-hydrogen) atoms. The molecule has 1 aliphatic carbocycles. The van der Waals surface area contributed by atoms with E-state index in [1.807, 2.05) is 30.3 Å². The average molecular weight is 512 g/mol. The van der Waals surface area contributed by atoms with Crippen molar-refractivity contribution in [2.45, 2.75) is 56.4 Å². The van der Waals surface area contributed by atoms with Gasteiger partial charge in [-0.25, -0.2) is 10.0 Å². The number of nitrogens with one attached hydrogen (secondary N) is 3. The minimum absolute atomic E-state index is 0.103. The summed E-state index contributed by atoms with van der Waals surface area (Å²) in [5, 5.41) is 18.1. The lowest BCUT2D eigenvalue weighted by Gasteiger charge is -2.36. The van der Waals surface area contributed by atoms with Crippen LogP contribution in [0.5, 0.6) is 5.75 Å². The van der Waals surface area contributed by atoms with Gasteiger partial charge in [0, 0.05) is 12.0 Å². The van der Waals surface area contributed by atoms with E-state index in [4.69, 9.17) is 16.3 Å². The van der Waals surface area contributed by atoms with Crippen molar-refractivity contribution in [3.8, 4) is 5.75 Å². The molecule has 1 saturated heterocycles. The maximum Gasteiger partial charge on any atom is 0.257 e. The summed E-state index contributed by atoms with van der Waals surface area (Å²) < 4.78 is 6.03. The third-order valence-corrected chi connectivity index (χ3v) is 7.29. The van der Waals surface area contributed by atoms with Crippen LogP contribution in [0, 0.1) is 0 Å². The average Bonchev–Trinajstić information content (AvgIpc) is 3.33. The van der Waals surface area contributed by atoms with Crippen molar-refractivity contribution in [3.63, 3.8) is 0 Å². The van der Waals surface area contributed by atoms with Crippen LogP contribution in [-0.2, 0) is 4.79 Å². The van der Waals surface area contributed by atoms with E-state index in [9.17, 15) is 14.7 Å². The number of carbonyl (C=O) groups excluding carboxylic acids is 2. The lowest BCUT2D eigenvalue weighted by Crippen LogP contribution is -2.60. The third kappa shape index (κ3) is 5.04. The largest absolute Gasteiger partial charge is 0.491 e. The van der Waals surface area contributed by atoms with E-state index in [1.165, 1.54) is 5.01 Å². The molecule has 4 N–H and O–H groups in total. The number of aliphatic hydroxyl groups excluding tert-OH is 1. The minimum Gasteiger partial charge on any atom is -0.491 e. The molecule has 190 valence electrons. The van der Waals surface area contributed by atoms with Gasteiger partial charge in [-0.15, -0.1) is 0 Å². The molecule has 9 nitrogen and oxygen atoms in total. The van der Waals surface area contributed by atoms with Crippen LogP contribution in [-0.4, -0.2) is 58.8 Å². The Labute approximate surface area is 214 Å². The number of nitrogens with zero attached hydrogens (tertiary/aromatic N) is 2. The summed E-state index contributed by atoms with van der Waals surface area (Å²) in [5.41, 5.74) is 3.55. The topological polar surface area (TPSA) is 115 Å². The van der Waals surface area contributed by atoms with Gasteiger partial charge in [0.2, 0.25) is 5.91 Å². The molecule has 2 heterocycles. The summed E-state index contributed by atoms with van der Waals surface area (Å²) in [6.45, 7) is 0.0307. The van der Waals surface area contributed by atoms with Crippen LogP contribution in [0.1, 0.15) is 54.4 Å². The molecule has 2 aliphatic heterocycles. The Balaban J connectivity index is 1.27. The van der Waals surface area contributed by atoms with Gasteiger partial charge in [-0.05, 0) is 25.0 Å². The highest BCUT2D eigenvalue weighted by Crippen LogP contribution is 2.31. The molecule has 2 atom stereocenters. The highest BCUT2D eigenvalue weighted by atomic mass is 35.5. The molecule has 2 aromatic rings. The van der Waals surface area contributed by atoms with Crippen LogP contribution >= 0.6 is 11.6 Å². The van der Waals surface area contributed by atoms with Gasteiger partial charge >= 0.3 is 0 Å². The van der Waals surface area contributed by atoms with E-state index >= 15 is 0 Å². The monoisotopic (exact) mass is 511 g/mol. The van der Waals surface area contributed by atoms with Gasteiger partial charge in [0.15, 0.2) is 12.1 Å². The molecule has 10 heteroatoms. The molecule has 2 fully saturated rings. The van der Waals surface area contributed by atoms with Gasteiger partial charge < -0.3 is 15.2 Å². The predicted molar refractivity (Wildman–Crippen MR) is 136 cm³/mol. The Kier molecular flexibility index (Phi) is 7.13. The van der Waals surface area contributed by atoms with E-state index in [1.54, 1.807) is 18.2 Å². The zero-order chi connectivity index (χ0) is 25.1. The predicted octanol–water partition coefficient (Wildman–Crippen LogP) is 2.58. The fourth-order valence-electron chi connectivity index (χ4n) is 5.01. The first kappa shape index (κ1) is 24.5. The van der Waals surface area contributed by atoms with Gasteiger partial charge in [0.25, 0.3) is 5.91 Å². The quantitative estimate of drug-likeness (QED) is 0.454. The van der Waals surface area contributed by atoms with Gasteiger partial charge in [0.1, 0.15) is 12.4 Å². The van der Waals surface area contributed by atoms with Crippen molar-refractivity contribution in [3.05, 3.63) is 64.7 Å². The number of carbonyl (C=O) groups is 2. The van der Waals surface area contributed by atoms with E-state index in [0.717, 1.165) is 37.7 Å². The fourth-order valence-corrected chi connectivity index (χ4v) is 5.26. The van der Waals surface area contributed by atoms with Crippen LogP contribution in [0.3, 0.4) is 0 Å². The molecular formula is C26H30ClN5O4. The summed E-state index contributed by atoms with van der Waals surface area (Å²) >= 11 is 6.42. The first-order valence-corrected chi connectivity index (χ1v) is 12.7. The number of hydrogen-bond acceptors (Lipinski definition) is 7. The van der Waals surface area contributed by atoms with Gasteiger partial charge in [-0.2, -0.15) is 0 Å². The van der Waals surface area contributed by atoms with Crippen molar-refractivity contribution in [2.24, 2.45) is 4.99 Å². The number of halogens is 1. The summed E-state index contributed by atoms with van der Waals surface area (Å²) in [6.07, 6.45) is 4.11. The number of ether oxygens (including phenoxy) is 1. The normalized spacial score (nSPS) is 22.9. The Morgan fingerprint density at radius 1 is 1.17 bits per heavy atom. The Morgan fingerprint density at radius 3 is 2.69 bits per heavy atom. The highest BCUT2D eigenvalue weighted by molar-refractivity contribution is 6.34. The van der Waals surface area contributed by atoms with E-state index in [0.29, 0.717) is 11.6 Å². The lowest BCUT2D eigenvalue weighted by molar-refractivity contribution is -0.140. The van der Waals surface area contributed by atoms with Crippen molar-refractivity contribution in [1.82, 2.24) is 21.1 Å². The number of rotatable bonds is 7. The van der Waals surface area contributed by atoms with Gasteiger partial charge in [-0.1, -0.05) is 67.3 Å². The molecule has 2 aromatic carbocycles. The number of benzene rings is 2. The lowest BCUT2D eigenvalue weighted by atomic mass is 9.82. The molecule has 2 unspecified atom stereocenters. The first-order chi connectivity index (χ1) is 17.5. The molecule has 0 aromatic heterocycles. The molecule has 1 saturated carbocycles. The molecule has 0 radical (unpaired) electrons. The van der Waals surface area contributed by atoms with Crippen molar-refractivity contribution < 1.29 is 19.4 Å². The maximum absolute atomic E-state index is 13.3. The Hall–Kier alpha value is -3.14. The smallest absolute Gasteiger partial charge is 0.257 e. The number of aliphatic hydroxyl groups is 1. The molecule has 0 bridgehead atoms. The number of fused-ring (bicyclic) bond motifs is 1. The first-order valence-electron chi connectivity index (χ1n) is 12.3. The number of hydrazine groups is 1. The number of amides is 2. The van der Waals surface area contributed by atoms with Crippen LogP contribution < -0.4 is 20.8 Å². The molecule has 3 aliphatic rings. The fraction of sp³-hybridized carbons (Fsp3) is 0.423. The second kappa shape index (κ2) is 10.5. The van der Waals surface area contributed by atoms with Crippen LogP contribution in [0.2, 0.25) is 5.02 Å². The van der Waals surface area contributed by atoms with Crippen LogP contribution in [0.4, 0.5) is 0 Å². The highest BCUT2D eigenvalue weighted by Gasteiger charge is 2.39. The van der Waals surface area contributed by atoms with Gasteiger partial charge in [0.05, 0.1) is 28.8 Å². The Morgan fingerprint density at radius 2 is 1.94 bits per heavy atom. The third-order valence-electron chi connectivity index (χ3n) is 6.98. The second-order valence-electron chi connectivity index (χ2n) is 9.54. The van der Waals surface area contributed by atoms with Crippen LogP contribution in [0.25, 0.3) is 0 Å². The molecule has 0 spiro atoms. The summed E-state index contributed by atoms with van der Waals surface area (Å²) in [5.74, 6) is 0.478. The van der Waals surface area contributed by atoms with E-state index < -0.39 is 11.8 Å². The number of amidine groups is 1. The number of aliphatic imine (C=N–C) groups is 1. The standard InChI is InChI=1S/C26H30ClN5O4/c27-19-10-7-11-20(22(19)24(35)30-26(16-33)12-5-2-6-13-26)36-15-18-14-21(34)32-25(28-18)29-23(31-32)17-8-3-1-4-9-17/h1,3-4,7-11,18,25,28,33H,2,5-6,12-16H2,(H,29,31)(H,30,35). The maximum atomic E-state index is 13.3. The minimum atomic E-state index is -0.642. The second-order valence-corrected chi connectivity index (χ2v) is 9.95. The summed E-state index contributed by atoms with van der Waals surface area (Å²) in [6, 6.07) is 14.3. The summed E-state index contributed by atoms with van der Waals surface area (Å²) in [4.78, 5) is 30.6. The van der Waals surface area contributed by atoms with E-state index in [2.05, 4.69) is 21.1 Å². The SMILES string of the molecule is O=C(NC1(CO)CCCCC1)c1c(Cl)cccc1OCC1CC(=O)N2NC(c3ccccc3)=NC2N1. The molecule has 2 amide bonds. The van der Waals surface area contributed by atoms with Crippen molar-refractivity contribution in [2.75, 3.05) is 13.2 Å². The summed E-state index contributed by atoms with van der Waals surface area (Å²) in [7, 11) is 0.